The van der Waals surface area contributed by atoms with Gasteiger partial charge in [-0.15, -0.1) is 0 Å². The third kappa shape index (κ3) is 2.02. The van der Waals surface area contributed by atoms with Gasteiger partial charge in [-0.2, -0.15) is 5.26 Å². The summed E-state index contributed by atoms with van der Waals surface area (Å²) in [7, 11) is 0. The number of hydrogen-bond acceptors (Lipinski definition) is 3. The third-order valence-electron chi connectivity index (χ3n) is 1.97. The van der Waals surface area contributed by atoms with Gasteiger partial charge in [0.2, 0.25) is 0 Å². The lowest BCUT2D eigenvalue weighted by Gasteiger charge is -2.05. The second-order valence-corrected chi connectivity index (χ2v) is 3.05. The fraction of sp³-hybridized carbons (Fsp3) is 0.200. The van der Waals surface area contributed by atoms with E-state index in [4.69, 9.17) is 16.1 Å². The van der Waals surface area contributed by atoms with Crippen LogP contribution in [-0.4, -0.2) is 11.1 Å². The molecule has 0 aliphatic rings. The first kappa shape index (κ1) is 10.1. The van der Waals surface area contributed by atoms with Gasteiger partial charge >= 0.3 is 5.97 Å². The standard InChI is InChI=1S/C10H10N2O2/c1-6-2-9(12)8(5-11)3-7(6)4-10(13)14/h2-3H,4,12H2,1H3,(H,13,14). The number of aryl methyl sites for hydroxylation is 1. The highest BCUT2D eigenvalue weighted by Gasteiger charge is 2.07. The normalized spacial score (nSPS) is 9.43. The fourth-order valence-corrected chi connectivity index (χ4v) is 1.23. The van der Waals surface area contributed by atoms with Gasteiger partial charge in [0.15, 0.2) is 0 Å². The van der Waals surface area contributed by atoms with Gasteiger partial charge in [0.1, 0.15) is 6.07 Å². The van der Waals surface area contributed by atoms with Crippen LogP contribution < -0.4 is 5.73 Å². The van der Waals surface area contributed by atoms with Crippen molar-refractivity contribution in [3.8, 4) is 6.07 Å². The molecule has 0 unspecified atom stereocenters. The van der Waals surface area contributed by atoms with E-state index in [1.54, 1.807) is 13.0 Å². The first-order chi connectivity index (χ1) is 6.54. The van der Waals surface area contributed by atoms with E-state index in [1.807, 2.05) is 6.07 Å². The molecule has 0 saturated carbocycles. The Balaban J connectivity index is 3.19. The Morgan fingerprint density at radius 3 is 2.79 bits per heavy atom. The molecule has 0 spiro atoms. The Morgan fingerprint density at radius 1 is 1.64 bits per heavy atom. The molecule has 1 rings (SSSR count). The molecule has 3 N–H and O–H groups in total. The maximum Gasteiger partial charge on any atom is 0.307 e. The minimum absolute atomic E-state index is 0.0825. The number of nitrogens with two attached hydrogens (primary N) is 1. The molecule has 0 heterocycles. The van der Waals surface area contributed by atoms with E-state index in [0.717, 1.165) is 5.56 Å². The van der Waals surface area contributed by atoms with Gasteiger partial charge < -0.3 is 10.8 Å². The van der Waals surface area contributed by atoms with Gasteiger partial charge in [-0.05, 0) is 30.2 Å². The van der Waals surface area contributed by atoms with E-state index >= 15 is 0 Å². The zero-order valence-electron chi connectivity index (χ0n) is 7.74. The molecule has 0 fully saturated rings. The molecule has 0 saturated heterocycles. The number of hydrogen-bond donors (Lipinski definition) is 2. The molecular formula is C10H10N2O2. The topological polar surface area (TPSA) is 87.1 Å². The highest BCUT2D eigenvalue weighted by Crippen LogP contribution is 2.18. The van der Waals surface area contributed by atoms with Gasteiger partial charge in [-0.1, -0.05) is 0 Å². The zero-order chi connectivity index (χ0) is 10.7. The minimum atomic E-state index is -0.915. The van der Waals surface area contributed by atoms with E-state index in [-0.39, 0.29) is 6.42 Å². The molecule has 14 heavy (non-hydrogen) atoms. The maximum atomic E-state index is 10.5. The number of anilines is 1. The predicted octanol–water partition coefficient (Wildman–Crippen LogP) is 1.08. The largest absolute Gasteiger partial charge is 0.481 e. The monoisotopic (exact) mass is 190 g/mol. The number of carboxylic acid groups (broad SMARTS) is 1. The lowest BCUT2D eigenvalue weighted by atomic mass is 10.0. The highest BCUT2D eigenvalue weighted by molar-refractivity contribution is 5.72. The Hall–Kier alpha value is -2.02. The fourth-order valence-electron chi connectivity index (χ4n) is 1.23. The molecule has 4 heteroatoms. The number of aliphatic carboxylic acids is 1. The van der Waals surface area contributed by atoms with Crippen LogP contribution in [-0.2, 0) is 11.2 Å². The summed E-state index contributed by atoms with van der Waals surface area (Å²) in [6, 6.07) is 5.07. The van der Waals surface area contributed by atoms with Crippen LogP contribution >= 0.6 is 0 Å². The van der Waals surface area contributed by atoms with Crippen molar-refractivity contribution in [3.05, 3.63) is 28.8 Å². The summed E-state index contributed by atoms with van der Waals surface area (Å²) in [5.41, 5.74) is 7.70. The highest BCUT2D eigenvalue weighted by atomic mass is 16.4. The summed E-state index contributed by atoms with van der Waals surface area (Å²) in [5, 5.41) is 17.3. The SMILES string of the molecule is Cc1cc(N)c(C#N)cc1CC(=O)O. The Labute approximate surface area is 81.6 Å². The number of nitrogen functional groups attached to an aromatic ring is 1. The lowest BCUT2D eigenvalue weighted by Crippen LogP contribution is -2.03. The molecule has 72 valence electrons. The second-order valence-electron chi connectivity index (χ2n) is 3.05. The summed E-state index contributed by atoms with van der Waals surface area (Å²) >= 11 is 0. The van der Waals surface area contributed by atoms with Crippen molar-refractivity contribution in [2.45, 2.75) is 13.3 Å². The van der Waals surface area contributed by atoms with Crippen LogP contribution in [0.2, 0.25) is 0 Å². The van der Waals surface area contributed by atoms with Crippen molar-refractivity contribution >= 4 is 11.7 Å². The third-order valence-corrected chi connectivity index (χ3v) is 1.97. The summed E-state index contributed by atoms with van der Waals surface area (Å²) in [6.45, 7) is 1.77. The first-order valence-electron chi connectivity index (χ1n) is 4.05. The summed E-state index contributed by atoms with van der Waals surface area (Å²) in [6.07, 6.45) is -0.0825. The second kappa shape index (κ2) is 3.79. The van der Waals surface area contributed by atoms with Crippen molar-refractivity contribution in [2.24, 2.45) is 0 Å². The molecular weight excluding hydrogens is 180 g/mol. The van der Waals surface area contributed by atoms with Crippen LogP contribution in [0.5, 0.6) is 0 Å². The molecule has 1 aromatic carbocycles. The number of carbonyl (C=O) groups is 1. The number of benzene rings is 1. The van der Waals surface area contributed by atoms with Crippen LogP contribution in [0.4, 0.5) is 5.69 Å². The van der Waals surface area contributed by atoms with Crippen molar-refractivity contribution in [1.29, 1.82) is 5.26 Å². The average Bonchev–Trinajstić information content (AvgIpc) is 2.09. The van der Waals surface area contributed by atoms with E-state index in [0.29, 0.717) is 16.8 Å². The zero-order valence-corrected chi connectivity index (χ0v) is 7.74. The van der Waals surface area contributed by atoms with Crippen LogP contribution in [0.15, 0.2) is 12.1 Å². The maximum absolute atomic E-state index is 10.5. The van der Waals surface area contributed by atoms with Crippen molar-refractivity contribution in [2.75, 3.05) is 5.73 Å². The molecule has 0 atom stereocenters. The molecule has 1 aromatic rings. The lowest BCUT2D eigenvalue weighted by molar-refractivity contribution is -0.136. The van der Waals surface area contributed by atoms with Crippen molar-refractivity contribution in [3.63, 3.8) is 0 Å². The van der Waals surface area contributed by atoms with E-state index in [1.165, 1.54) is 6.07 Å². The van der Waals surface area contributed by atoms with E-state index < -0.39 is 5.97 Å². The first-order valence-corrected chi connectivity index (χ1v) is 4.05. The van der Waals surface area contributed by atoms with Gasteiger partial charge in [0.25, 0.3) is 0 Å². The number of nitriles is 1. The molecule has 0 aromatic heterocycles. The quantitative estimate of drug-likeness (QED) is 0.683. The number of rotatable bonds is 2. The molecule has 4 nitrogen and oxygen atoms in total. The molecule has 0 bridgehead atoms. The summed E-state index contributed by atoms with van der Waals surface area (Å²) < 4.78 is 0. The Morgan fingerprint density at radius 2 is 2.29 bits per heavy atom. The predicted molar refractivity (Wildman–Crippen MR) is 51.6 cm³/mol. The van der Waals surface area contributed by atoms with Crippen LogP contribution in [0, 0.1) is 18.3 Å². The summed E-state index contributed by atoms with van der Waals surface area (Å²) in [5.74, 6) is -0.915. The smallest absolute Gasteiger partial charge is 0.307 e. The van der Waals surface area contributed by atoms with Gasteiger partial charge in [-0.25, -0.2) is 0 Å². The summed E-state index contributed by atoms with van der Waals surface area (Å²) in [4.78, 5) is 10.5. The molecule has 0 radical (unpaired) electrons. The average molecular weight is 190 g/mol. The van der Waals surface area contributed by atoms with Crippen molar-refractivity contribution in [1.82, 2.24) is 0 Å². The molecule has 0 aliphatic carbocycles. The van der Waals surface area contributed by atoms with Gasteiger partial charge in [-0.3, -0.25) is 4.79 Å². The number of nitrogens with zero attached hydrogens (tertiary/aromatic N) is 1. The molecule has 0 amide bonds. The Kier molecular flexibility index (Phi) is 2.73. The Bertz CT molecular complexity index is 419. The minimum Gasteiger partial charge on any atom is -0.481 e. The van der Waals surface area contributed by atoms with E-state index in [9.17, 15) is 4.79 Å². The van der Waals surface area contributed by atoms with Crippen molar-refractivity contribution < 1.29 is 9.90 Å². The van der Waals surface area contributed by atoms with Gasteiger partial charge in [0.05, 0.1) is 12.0 Å². The van der Waals surface area contributed by atoms with Gasteiger partial charge in [0, 0.05) is 5.69 Å². The van der Waals surface area contributed by atoms with Crippen LogP contribution in [0.25, 0.3) is 0 Å². The van der Waals surface area contributed by atoms with E-state index in [2.05, 4.69) is 0 Å². The van der Waals surface area contributed by atoms with Crippen LogP contribution in [0.1, 0.15) is 16.7 Å². The molecule has 0 aliphatic heterocycles. The van der Waals surface area contributed by atoms with Crippen LogP contribution in [0.3, 0.4) is 0 Å². The number of carboxylic acids is 1.